The van der Waals surface area contributed by atoms with Crippen molar-refractivity contribution in [2.24, 2.45) is 0 Å². The third-order valence-electron chi connectivity index (χ3n) is 2.34. The lowest BCUT2D eigenvalue weighted by atomic mass is 10.2. The average Bonchev–Trinajstić information content (AvgIpc) is 2.77. The monoisotopic (exact) mass is 309 g/mol. The summed E-state index contributed by atoms with van der Waals surface area (Å²) in [7, 11) is 3.38. The first-order valence-corrected chi connectivity index (χ1v) is 6.10. The summed E-state index contributed by atoms with van der Waals surface area (Å²) in [5, 5.41) is 12.0. The van der Waals surface area contributed by atoms with Gasteiger partial charge in [-0.1, -0.05) is 28.1 Å². The molecule has 94 valence electrons. The molecule has 18 heavy (non-hydrogen) atoms. The van der Waals surface area contributed by atoms with Gasteiger partial charge in [0.05, 0.1) is 0 Å². The topological polar surface area (TPSA) is 63.9 Å². The van der Waals surface area contributed by atoms with Crippen LogP contribution in [-0.4, -0.2) is 45.1 Å². The maximum absolute atomic E-state index is 11.5. The minimum atomic E-state index is -0.0777. The molecule has 0 N–H and O–H groups in total. The number of tetrazole rings is 1. The number of amides is 1. The molecule has 2 rings (SSSR count). The maximum Gasteiger partial charge on any atom is 0.245 e. The molecule has 1 heterocycles. The number of nitrogens with zero attached hydrogens (tertiary/aromatic N) is 5. The van der Waals surface area contributed by atoms with E-state index in [1.54, 1.807) is 14.1 Å². The van der Waals surface area contributed by atoms with Gasteiger partial charge in [0.1, 0.15) is 6.54 Å². The Morgan fingerprint density at radius 1 is 1.39 bits per heavy atom. The zero-order chi connectivity index (χ0) is 13.1. The Morgan fingerprint density at radius 3 is 2.78 bits per heavy atom. The number of aromatic nitrogens is 4. The van der Waals surface area contributed by atoms with Crippen molar-refractivity contribution >= 4 is 21.8 Å². The summed E-state index contributed by atoms with van der Waals surface area (Å²) in [6.45, 7) is 0.0878. The van der Waals surface area contributed by atoms with E-state index in [0.717, 1.165) is 10.0 Å². The highest BCUT2D eigenvalue weighted by Crippen LogP contribution is 2.24. The van der Waals surface area contributed by atoms with Crippen LogP contribution in [0.4, 0.5) is 0 Å². The highest BCUT2D eigenvalue weighted by molar-refractivity contribution is 9.10. The summed E-state index contributed by atoms with van der Waals surface area (Å²) in [5.74, 6) is 0.417. The van der Waals surface area contributed by atoms with Crippen LogP contribution in [0.25, 0.3) is 11.4 Å². The summed E-state index contributed by atoms with van der Waals surface area (Å²) in [6, 6.07) is 7.60. The van der Waals surface area contributed by atoms with Crippen molar-refractivity contribution in [3.63, 3.8) is 0 Å². The first-order valence-electron chi connectivity index (χ1n) is 5.31. The normalized spacial score (nSPS) is 10.4. The van der Waals surface area contributed by atoms with Crippen LogP contribution < -0.4 is 0 Å². The Balaban J connectivity index is 2.21. The second-order valence-corrected chi connectivity index (χ2v) is 4.77. The average molecular weight is 310 g/mol. The molecule has 0 atom stereocenters. The van der Waals surface area contributed by atoms with E-state index in [0.29, 0.717) is 5.82 Å². The van der Waals surface area contributed by atoms with E-state index in [9.17, 15) is 4.79 Å². The third kappa shape index (κ3) is 2.73. The number of halogens is 1. The predicted octanol–water partition coefficient (Wildman–Crippen LogP) is 1.19. The van der Waals surface area contributed by atoms with Crippen LogP contribution in [0.3, 0.4) is 0 Å². The molecule has 1 aromatic heterocycles. The number of carbonyl (C=O) groups excluding carboxylic acids is 1. The largest absolute Gasteiger partial charge is 0.347 e. The maximum atomic E-state index is 11.5. The minimum Gasteiger partial charge on any atom is -0.347 e. The number of hydrogen-bond acceptors (Lipinski definition) is 4. The van der Waals surface area contributed by atoms with Crippen LogP contribution in [0.1, 0.15) is 0 Å². The number of likely N-dealkylation sites (N-methyl/N-ethyl adjacent to an activating group) is 1. The van der Waals surface area contributed by atoms with Crippen molar-refractivity contribution in [2.45, 2.75) is 6.54 Å². The van der Waals surface area contributed by atoms with Crippen LogP contribution in [0.5, 0.6) is 0 Å². The highest BCUT2D eigenvalue weighted by Gasteiger charge is 2.11. The van der Waals surface area contributed by atoms with Crippen molar-refractivity contribution in [1.82, 2.24) is 25.1 Å². The number of rotatable bonds is 3. The van der Waals surface area contributed by atoms with Crippen molar-refractivity contribution in [1.29, 1.82) is 0 Å². The van der Waals surface area contributed by atoms with Crippen LogP contribution in [0.15, 0.2) is 28.7 Å². The molecule has 7 heteroatoms. The molecular weight excluding hydrogens is 298 g/mol. The van der Waals surface area contributed by atoms with Gasteiger partial charge in [0.15, 0.2) is 0 Å². The van der Waals surface area contributed by atoms with Gasteiger partial charge in [0, 0.05) is 24.1 Å². The molecule has 0 unspecified atom stereocenters. The first-order chi connectivity index (χ1) is 8.58. The molecule has 0 radical (unpaired) electrons. The molecule has 0 aliphatic carbocycles. The lowest BCUT2D eigenvalue weighted by molar-refractivity contribution is -0.129. The van der Waals surface area contributed by atoms with Gasteiger partial charge >= 0.3 is 0 Å². The molecule has 1 amide bonds. The molecule has 6 nitrogen and oxygen atoms in total. The van der Waals surface area contributed by atoms with Crippen LogP contribution in [0.2, 0.25) is 0 Å². The molecular formula is C11H12BrN5O. The van der Waals surface area contributed by atoms with Crippen LogP contribution in [-0.2, 0) is 11.3 Å². The molecule has 0 bridgehead atoms. The van der Waals surface area contributed by atoms with Crippen molar-refractivity contribution in [3.8, 4) is 11.4 Å². The smallest absolute Gasteiger partial charge is 0.245 e. The molecule has 0 fully saturated rings. The second-order valence-electron chi connectivity index (χ2n) is 3.91. The highest BCUT2D eigenvalue weighted by atomic mass is 79.9. The lowest BCUT2D eigenvalue weighted by Gasteiger charge is -2.08. The summed E-state index contributed by atoms with van der Waals surface area (Å²) in [5.41, 5.74) is 0.848. The quantitative estimate of drug-likeness (QED) is 0.854. The number of carbonyl (C=O) groups is 1. The van der Waals surface area contributed by atoms with E-state index in [1.807, 2.05) is 24.3 Å². The number of hydrogen-bond donors (Lipinski definition) is 0. The van der Waals surface area contributed by atoms with Gasteiger partial charge in [-0.15, -0.1) is 10.2 Å². The summed E-state index contributed by atoms with van der Waals surface area (Å²) < 4.78 is 0.892. The molecule has 0 aliphatic heterocycles. The van der Waals surface area contributed by atoms with Crippen molar-refractivity contribution in [3.05, 3.63) is 28.7 Å². The first kappa shape index (κ1) is 12.7. The third-order valence-corrected chi connectivity index (χ3v) is 3.03. The summed E-state index contributed by atoms with van der Waals surface area (Å²) in [4.78, 5) is 14.3. The van der Waals surface area contributed by atoms with E-state index in [1.165, 1.54) is 9.70 Å². The fraction of sp³-hybridized carbons (Fsp3) is 0.273. The van der Waals surface area contributed by atoms with E-state index >= 15 is 0 Å². The van der Waals surface area contributed by atoms with Gasteiger partial charge in [0.2, 0.25) is 11.7 Å². The van der Waals surface area contributed by atoms with Gasteiger partial charge in [-0.3, -0.25) is 4.79 Å². The fourth-order valence-electron chi connectivity index (χ4n) is 1.32. The van der Waals surface area contributed by atoms with Crippen molar-refractivity contribution < 1.29 is 4.79 Å². The van der Waals surface area contributed by atoms with E-state index in [-0.39, 0.29) is 12.5 Å². The SMILES string of the molecule is CN(C)C(=O)Cn1nnc(-c2ccccc2Br)n1. The fourth-order valence-corrected chi connectivity index (χ4v) is 1.79. The second kappa shape index (κ2) is 5.26. The molecule has 0 saturated carbocycles. The zero-order valence-electron chi connectivity index (χ0n) is 10.0. The van der Waals surface area contributed by atoms with Gasteiger partial charge in [0.25, 0.3) is 0 Å². The Kier molecular flexibility index (Phi) is 3.71. The van der Waals surface area contributed by atoms with Crippen LogP contribution >= 0.6 is 15.9 Å². The Bertz CT molecular complexity index is 566. The molecule has 0 aliphatic rings. The molecule has 0 spiro atoms. The predicted molar refractivity (Wildman–Crippen MR) is 69.6 cm³/mol. The van der Waals surface area contributed by atoms with Gasteiger partial charge in [-0.25, -0.2) is 0 Å². The Hall–Kier alpha value is -1.76. The standard InChI is InChI=1S/C11H12BrN5O/c1-16(2)10(18)7-17-14-11(13-15-17)8-5-3-4-6-9(8)12/h3-6H,7H2,1-2H3. The lowest BCUT2D eigenvalue weighted by Crippen LogP contribution is -2.27. The molecule has 2 aromatic rings. The Morgan fingerprint density at radius 2 is 2.11 bits per heavy atom. The molecule has 1 aromatic carbocycles. The Labute approximate surface area is 113 Å². The van der Waals surface area contributed by atoms with E-state index in [2.05, 4.69) is 31.3 Å². The molecule has 0 saturated heterocycles. The van der Waals surface area contributed by atoms with Gasteiger partial charge in [-0.05, 0) is 17.3 Å². The van der Waals surface area contributed by atoms with Crippen molar-refractivity contribution in [2.75, 3.05) is 14.1 Å². The summed E-state index contributed by atoms with van der Waals surface area (Å²) >= 11 is 3.42. The van der Waals surface area contributed by atoms with Gasteiger partial charge < -0.3 is 4.90 Å². The van der Waals surface area contributed by atoms with Crippen LogP contribution in [0, 0.1) is 0 Å². The van der Waals surface area contributed by atoms with E-state index < -0.39 is 0 Å². The van der Waals surface area contributed by atoms with E-state index in [4.69, 9.17) is 0 Å². The van der Waals surface area contributed by atoms with Gasteiger partial charge in [-0.2, -0.15) is 4.80 Å². The zero-order valence-corrected chi connectivity index (χ0v) is 11.6. The number of benzene rings is 1. The minimum absolute atomic E-state index is 0.0777. The summed E-state index contributed by atoms with van der Waals surface area (Å²) in [6.07, 6.45) is 0.